The topological polar surface area (TPSA) is 56.1 Å². The minimum absolute atomic E-state index is 0.181. The monoisotopic (exact) mass is 307 g/mol. The molecule has 0 spiro atoms. The van der Waals surface area contributed by atoms with E-state index in [9.17, 15) is 4.79 Å². The molecule has 1 amide bonds. The molecule has 1 aromatic heterocycles. The Morgan fingerprint density at radius 3 is 2.30 bits per heavy atom. The van der Waals surface area contributed by atoms with Crippen LogP contribution in [-0.2, 0) is 7.05 Å². The second kappa shape index (κ2) is 6.36. The Hall–Kier alpha value is -3.08. The predicted molar refractivity (Wildman–Crippen MR) is 88.9 cm³/mol. The number of hydrogen-bond donors (Lipinski definition) is 1. The van der Waals surface area contributed by atoms with Gasteiger partial charge in [-0.15, -0.1) is 0 Å². The number of para-hydroxylation sites is 1. The third-order valence-corrected chi connectivity index (χ3v) is 3.34. The summed E-state index contributed by atoms with van der Waals surface area (Å²) in [5, 5.41) is 7.04. The van der Waals surface area contributed by atoms with Crippen molar-refractivity contribution in [3.05, 3.63) is 71.9 Å². The summed E-state index contributed by atoms with van der Waals surface area (Å²) >= 11 is 0. The van der Waals surface area contributed by atoms with Gasteiger partial charge in [0.25, 0.3) is 5.91 Å². The fourth-order valence-corrected chi connectivity index (χ4v) is 2.22. The first-order chi connectivity index (χ1) is 11.1. The van der Waals surface area contributed by atoms with Crippen LogP contribution in [0.15, 0.2) is 60.7 Å². The van der Waals surface area contributed by atoms with Crippen molar-refractivity contribution in [3.8, 4) is 11.5 Å². The molecule has 23 heavy (non-hydrogen) atoms. The molecule has 0 aliphatic rings. The second-order valence-corrected chi connectivity index (χ2v) is 5.19. The Kier molecular flexibility index (Phi) is 4.10. The number of aryl methyl sites for hydroxylation is 2. The number of nitrogens with zero attached hydrogens (tertiary/aromatic N) is 2. The minimum Gasteiger partial charge on any atom is -0.457 e. The zero-order chi connectivity index (χ0) is 16.2. The molecule has 0 aliphatic heterocycles. The van der Waals surface area contributed by atoms with Crippen LogP contribution in [0.1, 0.15) is 16.1 Å². The van der Waals surface area contributed by atoms with Gasteiger partial charge >= 0.3 is 0 Å². The van der Waals surface area contributed by atoms with Gasteiger partial charge in [-0.25, -0.2) is 0 Å². The number of carbonyl (C=O) groups excluding carboxylic acids is 1. The Bertz CT molecular complexity index is 808. The lowest BCUT2D eigenvalue weighted by molar-refractivity contribution is 0.102. The molecule has 0 aliphatic carbocycles. The molecule has 1 heterocycles. The number of ether oxygens (including phenoxy) is 1. The lowest BCUT2D eigenvalue weighted by atomic mass is 10.2. The van der Waals surface area contributed by atoms with E-state index in [4.69, 9.17) is 4.74 Å². The van der Waals surface area contributed by atoms with Crippen molar-refractivity contribution in [3.63, 3.8) is 0 Å². The van der Waals surface area contributed by atoms with E-state index in [0.717, 1.165) is 11.4 Å². The number of aromatic nitrogens is 2. The zero-order valence-electron chi connectivity index (χ0n) is 13.0. The average Bonchev–Trinajstić information content (AvgIpc) is 2.86. The lowest BCUT2D eigenvalue weighted by Gasteiger charge is -2.07. The van der Waals surface area contributed by atoms with Crippen molar-refractivity contribution < 1.29 is 9.53 Å². The van der Waals surface area contributed by atoms with E-state index in [-0.39, 0.29) is 5.91 Å². The van der Waals surface area contributed by atoms with Crippen LogP contribution in [-0.4, -0.2) is 15.7 Å². The lowest BCUT2D eigenvalue weighted by Crippen LogP contribution is -2.14. The highest BCUT2D eigenvalue weighted by molar-refractivity contribution is 6.03. The molecule has 3 aromatic rings. The first kappa shape index (κ1) is 14.8. The number of nitrogens with one attached hydrogen (secondary N) is 1. The predicted octanol–water partition coefficient (Wildman–Crippen LogP) is 3.77. The van der Waals surface area contributed by atoms with E-state index in [0.29, 0.717) is 17.1 Å². The van der Waals surface area contributed by atoms with Crippen LogP contribution in [0.4, 0.5) is 5.82 Å². The van der Waals surface area contributed by atoms with Crippen LogP contribution in [0.3, 0.4) is 0 Å². The number of carbonyl (C=O) groups is 1. The van der Waals surface area contributed by atoms with Gasteiger partial charge in [0.15, 0.2) is 0 Å². The summed E-state index contributed by atoms with van der Waals surface area (Å²) in [4.78, 5) is 12.3. The van der Waals surface area contributed by atoms with Crippen molar-refractivity contribution in [1.29, 1.82) is 0 Å². The van der Waals surface area contributed by atoms with Crippen LogP contribution < -0.4 is 10.1 Å². The van der Waals surface area contributed by atoms with Crippen molar-refractivity contribution in [2.45, 2.75) is 6.92 Å². The Morgan fingerprint density at radius 1 is 1.04 bits per heavy atom. The van der Waals surface area contributed by atoms with Gasteiger partial charge in [0.2, 0.25) is 0 Å². The van der Waals surface area contributed by atoms with Crippen LogP contribution in [0, 0.1) is 6.92 Å². The smallest absolute Gasteiger partial charge is 0.256 e. The maximum Gasteiger partial charge on any atom is 0.256 e. The van der Waals surface area contributed by atoms with Crippen LogP contribution >= 0.6 is 0 Å². The van der Waals surface area contributed by atoms with Gasteiger partial charge in [-0.3, -0.25) is 9.48 Å². The normalized spacial score (nSPS) is 10.3. The molecular weight excluding hydrogens is 290 g/mol. The molecule has 0 unspecified atom stereocenters. The molecule has 2 aromatic carbocycles. The van der Waals surface area contributed by atoms with E-state index < -0.39 is 0 Å². The fourth-order valence-electron chi connectivity index (χ4n) is 2.22. The second-order valence-electron chi connectivity index (χ2n) is 5.19. The van der Waals surface area contributed by atoms with E-state index in [2.05, 4.69) is 10.4 Å². The summed E-state index contributed by atoms with van der Waals surface area (Å²) in [5.41, 5.74) is 1.42. The molecule has 5 heteroatoms. The van der Waals surface area contributed by atoms with Gasteiger partial charge in [-0.05, 0) is 43.3 Å². The molecule has 0 atom stereocenters. The van der Waals surface area contributed by atoms with Crippen molar-refractivity contribution in [2.75, 3.05) is 5.32 Å². The summed E-state index contributed by atoms with van der Waals surface area (Å²) in [6, 6.07) is 18.3. The van der Waals surface area contributed by atoms with Gasteiger partial charge < -0.3 is 10.1 Å². The maximum absolute atomic E-state index is 12.3. The number of benzene rings is 2. The highest BCUT2D eigenvalue weighted by Crippen LogP contribution is 2.21. The van der Waals surface area contributed by atoms with Gasteiger partial charge in [-0.1, -0.05) is 18.2 Å². The molecule has 5 nitrogen and oxygen atoms in total. The standard InChI is InChI=1S/C18H17N3O2/c1-13-12-17(21(2)20-13)19-18(22)14-8-10-16(11-9-14)23-15-6-4-3-5-7-15/h3-12H,1-2H3,(H,19,22). The highest BCUT2D eigenvalue weighted by atomic mass is 16.5. The van der Waals surface area contributed by atoms with E-state index in [1.165, 1.54) is 0 Å². The molecule has 0 fully saturated rings. The number of hydrogen-bond acceptors (Lipinski definition) is 3. The maximum atomic E-state index is 12.3. The molecule has 0 saturated heterocycles. The summed E-state index contributed by atoms with van der Waals surface area (Å²) in [5.74, 6) is 1.93. The van der Waals surface area contributed by atoms with Gasteiger partial charge in [0.1, 0.15) is 17.3 Å². The van der Waals surface area contributed by atoms with E-state index in [1.54, 1.807) is 36.0 Å². The third-order valence-electron chi connectivity index (χ3n) is 3.34. The molecule has 0 bridgehead atoms. The summed E-state index contributed by atoms with van der Waals surface area (Å²) in [7, 11) is 1.79. The zero-order valence-corrected chi connectivity index (χ0v) is 13.0. The summed E-state index contributed by atoms with van der Waals surface area (Å²) < 4.78 is 7.35. The molecule has 116 valence electrons. The fraction of sp³-hybridized carbons (Fsp3) is 0.111. The summed E-state index contributed by atoms with van der Waals surface area (Å²) in [6.45, 7) is 1.88. The van der Waals surface area contributed by atoms with Crippen LogP contribution in [0.25, 0.3) is 0 Å². The van der Waals surface area contributed by atoms with Gasteiger partial charge in [0.05, 0.1) is 5.69 Å². The first-order valence-corrected chi connectivity index (χ1v) is 7.27. The number of anilines is 1. The van der Waals surface area contributed by atoms with E-state index >= 15 is 0 Å². The molecule has 0 saturated carbocycles. The Morgan fingerprint density at radius 2 is 1.70 bits per heavy atom. The molecule has 0 radical (unpaired) electrons. The quantitative estimate of drug-likeness (QED) is 0.798. The van der Waals surface area contributed by atoms with E-state index in [1.807, 2.05) is 43.3 Å². The number of rotatable bonds is 4. The molecule has 3 rings (SSSR count). The Balaban J connectivity index is 1.69. The van der Waals surface area contributed by atoms with Crippen molar-refractivity contribution in [2.24, 2.45) is 7.05 Å². The SMILES string of the molecule is Cc1cc(NC(=O)c2ccc(Oc3ccccc3)cc2)n(C)n1. The molecule has 1 N–H and O–H groups in total. The average molecular weight is 307 g/mol. The Labute approximate surface area is 134 Å². The van der Waals surface area contributed by atoms with Crippen molar-refractivity contribution >= 4 is 11.7 Å². The largest absolute Gasteiger partial charge is 0.457 e. The van der Waals surface area contributed by atoms with Crippen molar-refractivity contribution in [1.82, 2.24) is 9.78 Å². The first-order valence-electron chi connectivity index (χ1n) is 7.27. The highest BCUT2D eigenvalue weighted by Gasteiger charge is 2.09. The van der Waals surface area contributed by atoms with Gasteiger partial charge in [0, 0.05) is 18.7 Å². The van der Waals surface area contributed by atoms with Crippen LogP contribution in [0.5, 0.6) is 11.5 Å². The summed E-state index contributed by atoms with van der Waals surface area (Å²) in [6.07, 6.45) is 0. The van der Waals surface area contributed by atoms with Gasteiger partial charge in [-0.2, -0.15) is 5.10 Å². The minimum atomic E-state index is -0.181. The third kappa shape index (κ3) is 3.58. The molecular formula is C18H17N3O2. The van der Waals surface area contributed by atoms with Crippen LogP contribution in [0.2, 0.25) is 0 Å². The number of amides is 1.